The normalized spacial score (nSPS) is 10.9. The Morgan fingerprint density at radius 2 is 2.12 bits per heavy atom. The Morgan fingerprint density at radius 1 is 1.50 bits per heavy atom. The molecule has 0 heterocycles. The van der Waals surface area contributed by atoms with E-state index in [2.05, 4.69) is 6.07 Å². The highest BCUT2D eigenvalue weighted by Gasteiger charge is 2.17. The third-order valence-electron chi connectivity index (χ3n) is 2.18. The molecule has 0 aliphatic rings. The maximum atomic E-state index is 9.72. The second-order valence-corrected chi connectivity index (χ2v) is 4.56. The number of rotatable bonds is 3. The number of nitrogen functional groups attached to an aromatic ring is 1. The molecule has 86 valence electrons. The van der Waals surface area contributed by atoms with Crippen molar-refractivity contribution < 1.29 is 5.11 Å². The maximum absolute atomic E-state index is 9.72. The summed E-state index contributed by atoms with van der Waals surface area (Å²) in [4.78, 5) is 1.85. The molecule has 1 aromatic carbocycles. The summed E-state index contributed by atoms with van der Waals surface area (Å²) < 4.78 is 0. The molecule has 0 aliphatic carbocycles. The summed E-state index contributed by atoms with van der Waals surface area (Å²) in [5.74, 6) is 0. The number of hydrogen-bond acceptors (Lipinski definition) is 4. The van der Waals surface area contributed by atoms with Crippen LogP contribution in [0.3, 0.4) is 0 Å². The first-order valence-electron chi connectivity index (χ1n) is 5.06. The first kappa shape index (κ1) is 12.3. The van der Waals surface area contributed by atoms with Gasteiger partial charge >= 0.3 is 0 Å². The zero-order valence-corrected chi connectivity index (χ0v) is 9.86. The van der Waals surface area contributed by atoms with Crippen molar-refractivity contribution in [2.75, 3.05) is 24.2 Å². The maximum Gasteiger partial charge on any atom is 0.101 e. The monoisotopic (exact) mass is 219 g/mol. The first-order chi connectivity index (χ1) is 7.33. The van der Waals surface area contributed by atoms with Crippen molar-refractivity contribution >= 4 is 11.4 Å². The van der Waals surface area contributed by atoms with Gasteiger partial charge < -0.3 is 15.7 Å². The molecule has 0 amide bonds. The molecule has 0 spiro atoms. The summed E-state index contributed by atoms with van der Waals surface area (Å²) in [6.45, 7) is 3.91. The van der Waals surface area contributed by atoms with Gasteiger partial charge in [-0.1, -0.05) is 0 Å². The summed E-state index contributed by atoms with van der Waals surface area (Å²) in [5, 5.41) is 18.7. The summed E-state index contributed by atoms with van der Waals surface area (Å²) in [5.41, 5.74) is 6.67. The van der Waals surface area contributed by atoms with Gasteiger partial charge in [0.15, 0.2) is 0 Å². The van der Waals surface area contributed by atoms with Gasteiger partial charge in [-0.15, -0.1) is 0 Å². The molecule has 0 bridgehead atoms. The highest BCUT2D eigenvalue weighted by Crippen LogP contribution is 2.22. The zero-order chi connectivity index (χ0) is 12.3. The second kappa shape index (κ2) is 4.42. The molecule has 0 saturated carbocycles. The molecule has 16 heavy (non-hydrogen) atoms. The van der Waals surface area contributed by atoms with Gasteiger partial charge in [0, 0.05) is 19.3 Å². The summed E-state index contributed by atoms with van der Waals surface area (Å²) in [6.07, 6.45) is 0. The molecule has 0 radical (unpaired) electrons. The average molecular weight is 219 g/mol. The predicted octanol–water partition coefficient (Wildman–Crippen LogP) is 1.35. The molecule has 0 aromatic heterocycles. The van der Waals surface area contributed by atoms with Crippen molar-refractivity contribution in [3.8, 4) is 6.07 Å². The minimum atomic E-state index is -0.803. The lowest BCUT2D eigenvalue weighted by Gasteiger charge is -2.27. The van der Waals surface area contributed by atoms with Crippen LogP contribution < -0.4 is 10.6 Å². The molecule has 0 saturated heterocycles. The molecule has 0 fully saturated rings. The highest BCUT2D eigenvalue weighted by atomic mass is 16.3. The van der Waals surface area contributed by atoms with Crippen LogP contribution in [-0.2, 0) is 0 Å². The Hall–Kier alpha value is -1.73. The minimum absolute atomic E-state index is 0.450. The molecule has 0 unspecified atom stereocenters. The van der Waals surface area contributed by atoms with Gasteiger partial charge in [0.05, 0.1) is 16.9 Å². The van der Waals surface area contributed by atoms with Gasteiger partial charge in [-0.2, -0.15) is 5.26 Å². The van der Waals surface area contributed by atoms with E-state index in [9.17, 15) is 5.11 Å². The smallest absolute Gasteiger partial charge is 0.101 e. The predicted molar refractivity (Wildman–Crippen MR) is 65.1 cm³/mol. The molecule has 4 heteroatoms. The fraction of sp³-hybridized carbons (Fsp3) is 0.417. The zero-order valence-electron chi connectivity index (χ0n) is 9.86. The van der Waals surface area contributed by atoms with E-state index in [1.54, 1.807) is 32.0 Å². The number of benzene rings is 1. The molecule has 1 aromatic rings. The van der Waals surface area contributed by atoms with E-state index in [0.717, 1.165) is 5.69 Å². The van der Waals surface area contributed by atoms with Crippen molar-refractivity contribution in [3.63, 3.8) is 0 Å². The number of nitrogens with two attached hydrogens (primary N) is 1. The Kier molecular flexibility index (Phi) is 3.41. The van der Waals surface area contributed by atoms with Crippen LogP contribution >= 0.6 is 0 Å². The number of aliphatic hydroxyl groups is 1. The SMILES string of the molecule is CN(CC(C)(C)O)c1ccc(N)cc1C#N. The topological polar surface area (TPSA) is 73.3 Å². The van der Waals surface area contributed by atoms with Crippen molar-refractivity contribution in [2.24, 2.45) is 0 Å². The van der Waals surface area contributed by atoms with Crippen LogP contribution in [0.1, 0.15) is 19.4 Å². The van der Waals surface area contributed by atoms with Gasteiger partial charge in [-0.05, 0) is 32.0 Å². The Balaban J connectivity index is 3.00. The van der Waals surface area contributed by atoms with Gasteiger partial charge in [-0.3, -0.25) is 0 Å². The first-order valence-corrected chi connectivity index (χ1v) is 5.06. The van der Waals surface area contributed by atoms with Crippen LogP contribution in [0.5, 0.6) is 0 Å². The Bertz CT molecular complexity index is 415. The molecule has 0 atom stereocenters. The fourth-order valence-corrected chi connectivity index (χ4v) is 1.64. The quantitative estimate of drug-likeness (QED) is 0.752. The van der Waals surface area contributed by atoms with Crippen molar-refractivity contribution in [3.05, 3.63) is 23.8 Å². The highest BCUT2D eigenvalue weighted by molar-refractivity contribution is 5.64. The van der Waals surface area contributed by atoms with Gasteiger partial charge in [-0.25, -0.2) is 0 Å². The second-order valence-electron chi connectivity index (χ2n) is 4.56. The van der Waals surface area contributed by atoms with Crippen LogP contribution in [0.15, 0.2) is 18.2 Å². The molecular weight excluding hydrogens is 202 g/mol. The van der Waals surface area contributed by atoms with Crippen molar-refractivity contribution in [2.45, 2.75) is 19.4 Å². The van der Waals surface area contributed by atoms with Crippen LogP contribution in [0.25, 0.3) is 0 Å². The minimum Gasteiger partial charge on any atom is -0.399 e. The summed E-state index contributed by atoms with van der Waals surface area (Å²) >= 11 is 0. The summed E-state index contributed by atoms with van der Waals surface area (Å²) in [7, 11) is 1.84. The lowest BCUT2D eigenvalue weighted by atomic mass is 10.1. The number of nitriles is 1. The molecule has 4 nitrogen and oxygen atoms in total. The molecule has 3 N–H and O–H groups in total. The van der Waals surface area contributed by atoms with Gasteiger partial charge in [0.2, 0.25) is 0 Å². The average Bonchev–Trinajstić information content (AvgIpc) is 2.14. The van der Waals surface area contributed by atoms with Crippen molar-refractivity contribution in [1.29, 1.82) is 5.26 Å². The third-order valence-corrected chi connectivity index (χ3v) is 2.18. The molecule has 0 aliphatic heterocycles. The van der Waals surface area contributed by atoms with E-state index in [4.69, 9.17) is 11.0 Å². The van der Waals surface area contributed by atoms with Crippen LogP contribution in [0, 0.1) is 11.3 Å². The van der Waals surface area contributed by atoms with E-state index in [-0.39, 0.29) is 0 Å². The van der Waals surface area contributed by atoms with Crippen LogP contribution in [0.4, 0.5) is 11.4 Å². The lowest BCUT2D eigenvalue weighted by molar-refractivity contribution is 0.0886. The standard InChI is InChI=1S/C12H17N3O/c1-12(2,16)8-15(3)11-5-4-10(14)6-9(11)7-13/h4-6,16H,8,14H2,1-3H3. The molecular formula is C12H17N3O. The summed E-state index contributed by atoms with van der Waals surface area (Å²) in [6, 6.07) is 7.27. The third kappa shape index (κ3) is 3.14. The lowest BCUT2D eigenvalue weighted by Crippen LogP contribution is -2.36. The Morgan fingerprint density at radius 3 is 2.62 bits per heavy atom. The molecule has 1 rings (SSSR count). The van der Waals surface area contributed by atoms with Crippen molar-refractivity contribution in [1.82, 2.24) is 0 Å². The van der Waals surface area contributed by atoms with Gasteiger partial charge in [0.25, 0.3) is 0 Å². The van der Waals surface area contributed by atoms with Crippen LogP contribution in [-0.4, -0.2) is 24.3 Å². The number of nitrogens with zero attached hydrogens (tertiary/aromatic N) is 2. The number of hydrogen-bond donors (Lipinski definition) is 2. The van der Waals surface area contributed by atoms with E-state index < -0.39 is 5.60 Å². The van der Waals surface area contributed by atoms with E-state index in [1.807, 2.05) is 11.9 Å². The number of anilines is 2. The van der Waals surface area contributed by atoms with E-state index >= 15 is 0 Å². The fourth-order valence-electron chi connectivity index (χ4n) is 1.64. The van der Waals surface area contributed by atoms with Crippen LogP contribution in [0.2, 0.25) is 0 Å². The van der Waals surface area contributed by atoms with E-state index in [0.29, 0.717) is 17.8 Å². The largest absolute Gasteiger partial charge is 0.399 e. The van der Waals surface area contributed by atoms with Gasteiger partial charge in [0.1, 0.15) is 6.07 Å². The Labute approximate surface area is 95.9 Å². The van der Waals surface area contributed by atoms with E-state index in [1.165, 1.54) is 0 Å². The number of likely N-dealkylation sites (N-methyl/N-ethyl adjacent to an activating group) is 1.